The quantitative estimate of drug-likeness (QED) is 0.735. The third kappa shape index (κ3) is 5.31. The van der Waals surface area contributed by atoms with Gasteiger partial charge in [0.05, 0.1) is 6.61 Å². The lowest BCUT2D eigenvalue weighted by Gasteiger charge is -2.08. The molecule has 17 heavy (non-hydrogen) atoms. The molecule has 0 fully saturated rings. The normalized spacial score (nSPS) is 10.5. The molecule has 1 rings (SSSR count). The van der Waals surface area contributed by atoms with Crippen LogP contribution in [0.15, 0.2) is 18.3 Å². The van der Waals surface area contributed by atoms with Crippen LogP contribution in [0.25, 0.3) is 0 Å². The van der Waals surface area contributed by atoms with Gasteiger partial charge in [-0.15, -0.1) is 0 Å². The molecule has 0 atom stereocenters. The van der Waals surface area contributed by atoms with Gasteiger partial charge in [-0.1, -0.05) is 13.8 Å². The third-order valence-corrected chi connectivity index (χ3v) is 1.90. The lowest BCUT2D eigenvalue weighted by atomic mass is 10.2. The highest BCUT2D eigenvalue weighted by Crippen LogP contribution is 2.10. The fraction of sp³-hybridized carbons (Fsp3) is 0.500. The van der Waals surface area contributed by atoms with Crippen LogP contribution in [0.4, 0.5) is 0 Å². The molecular formula is C12H17NO4. The second kappa shape index (κ2) is 6.85. The first-order valence-electron chi connectivity index (χ1n) is 5.49. The summed E-state index contributed by atoms with van der Waals surface area (Å²) in [6.07, 6.45) is 1.41. The standard InChI is InChI=1S/C12H17NO4/c1-9(2)8-16-5-6-17-10-3-4-13-11(7-10)12(14)15/h3-4,7,9H,5-6,8H2,1-2H3,(H,14,15). The van der Waals surface area contributed by atoms with Crippen LogP contribution in [0.2, 0.25) is 0 Å². The molecular weight excluding hydrogens is 222 g/mol. The minimum absolute atomic E-state index is 0.0226. The van der Waals surface area contributed by atoms with Gasteiger partial charge in [-0.25, -0.2) is 9.78 Å². The summed E-state index contributed by atoms with van der Waals surface area (Å²) in [6, 6.07) is 3.01. The van der Waals surface area contributed by atoms with Gasteiger partial charge in [0.1, 0.15) is 12.4 Å². The summed E-state index contributed by atoms with van der Waals surface area (Å²) in [5.41, 5.74) is -0.0226. The molecule has 0 saturated heterocycles. The van der Waals surface area contributed by atoms with Crippen molar-refractivity contribution in [3.8, 4) is 5.75 Å². The first-order valence-corrected chi connectivity index (χ1v) is 5.49. The molecule has 0 aromatic carbocycles. The van der Waals surface area contributed by atoms with Crippen molar-refractivity contribution >= 4 is 5.97 Å². The fourth-order valence-corrected chi connectivity index (χ4v) is 1.16. The summed E-state index contributed by atoms with van der Waals surface area (Å²) in [6.45, 7) is 5.73. The van der Waals surface area contributed by atoms with Crippen LogP contribution >= 0.6 is 0 Å². The molecule has 1 heterocycles. The minimum atomic E-state index is -1.06. The van der Waals surface area contributed by atoms with Gasteiger partial charge in [0.25, 0.3) is 0 Å². The van der Waals surface area contributed by atoms with E-state index < -0.39 is 5.97 Å². The molecule has 0 unspecified atom stereocenters. The first-order chi connectivity index (χ1) is 8.09. The Labute approximate surface area is 100 Å². The van der Waals surface area contributed by atoms with Crippen molar-refractivity contribution in [3.05, 3.63) is 24.0 Å². The molecule has 0 aliphatic rings. The topological polar surface area (TPSA) is 68.7 Å². The Morgan fingerprint density at radius 1 is 1.47 bits per heavy atom. The maximum Gasteiger partial charge on any atom is 0.354 e. The first kappa shape index (κ1) is 13.4. The van der Waals surface area contributed by atoms with E-state index in [1.165, 1.54) is 12.3 Å². The highest BCUT2D eigenvalue weighted by Gasteiger charge is 2.05. The molecule has 0 bridgehead atoms. The van der Waals surface area contributed by atoms with Gasteiger partial charge < -0.3 is 14.6 Å². The molecule has 1 N–H and O–H groups in total. The molecule has 5 nitrogen and oxygen atoms in total. The van der Waals surface area contributed by atoms with Crippen LogP contribution in [0.5, 0.6) is 5.75 Å². The molecule has 5 heteroatoms. The highest BCUT2D eigenvalue weighted by molar-refractivity contribution is 5.85. The Morgan fingerprint density at radius 2 is 2.24 bits per heavy atom. The number of nitrogens with zero attached hydrogens (tertiary/aromatic N) is 1. The number of aromatic carboxylic acids is 1. The van der Waals surface area contributed by atoms with E-state index in [-0.39, 0.29) is 5.69 Å². The van der Waals surface area contributed by atoms with Crippen LogP contribution in [0, 0.1) is 5.92 Å². The molecule has 1 aromatic rings. The highest BCUT2D eigenvalue weighted by atomic mass is 16.5. The van der Waals surface area contributed by atoms with Crippen molar-refractivity contribution in [2.45, 2.75) is 13.8 Å². The van der Waals surface area contributed by atoms with Crippen LogP contribution in [-0.4, -0.2) is 35.9 Å². The van der Waals surface area contributed by atoms with Crippen molar-refractivity contribution in [3.63, 3.8) is 0 Å². The van der Waals surface area contributed by atoms with Crippen molar-refractivity contribution in [2.75, 3.05) is 19.8 Å². The van der Waals surface area contributed by atoms with E-state index in [1.807, 2.05) is 0 Å². The summed E-state index contributed by atoms with van der Waals surface area (Å²) in [7, 11) is 0. The largest absolute Gasteiger partial charge is 0.491 e. The average Bonchev–Trinajstić information content (AvgIpc) is 2.28. The van der Waals surface area contributed by atoms with Gasteiger partial charge in [0.2, 0.25) is 0 Å². The number of carbonyl (C=O) groups is 1. The van der Waals surface area contributed by atoms with Crippen LogP contribution in [0.1, 0.15) is 24.3 Å². The molecule has 0 spiro atoms. The predicted molar refractivity (Wildman–Crippen MR) is 62.3 cm³/mol. The van der Waals surface area contributed by atoms with E-state index in [0.717, 1.165) is 0 Å². The maximum atomic E-state index is 10.7. The van der Waals surface area contributed by atoms with Crippen molar-refractivity contribution in [1.82, 2.24) is 4.98 Å². The molecule has 94 valence electrons. The number of carboxylic acid groups (broad SMARTS) is 1. The van der Waals surface area contributed by atoms with Crippen molar-refractivity contribution in [1.29, 1.82) is 0 Å². The zero-order valence-electron chi connectivity index (χ0n) is 10.0. The Hall–Kier alpha value is -1.62. The number of hydrogen-bond donors (Lipinski definition) is 1. The lowest BCUT2D eigenvalue weighted by molar-refractivity contribution is 0.0688. The second-order valence-electron chi connectivity index (χ2n) is 4.00. The van der Waals surface area contributed by atoms with E-state index in [9.17, 15) is 4.79 Å². The van der Waals surface area contributed by atoms with Crippen molar-refractivity contribution in [2.24, 2.45) is 5.92 Å². The number of aromatic nitrogens is 1. The Bertz CT molecular complexity index is 365. The number of carboxylic acids is 1. The van der Waals surface area contributed by atoms with Crippen LogP contribution in [-0.2, 0) is 4.74 Å². The van der Waals surface area contributed by atoms with Gasteiger partial charge in [-0.05, 0) is 12.0 Å². The van der Waals surface area contributed by atoms with Crippen LogP contribution < -0.4 is 4.74 Å². The summed E-state index contributed by atoms with van der Waals surface area (Å²) < 4.78 is 10.7. The van der Waals surface area contributed by atoms with Gasteiger partial charge in [-0.2, -0.15) is 0 Å². The van der Waals surface area contributed by atoms with Crippen molar-refractivity contribution < 1.29 is 19.4 Å². The summed E-state index contributed by atoms with van der Waals surface area (Å²) in [5.74, 6) is -0.0772. The van der Waals surface area contributed by atoms with E-state index in [0.29, 0.717) is 31.5 Å². The number of ether oxygens (including phenoxy) is 2. The van der Waals surface area contributed by atoms with E-state index in [4.69, 9.17) is 14.6 Å². The maximum absolute atomic E-state index is 10.7. The van der Waals surface area contributed by atoms with E-state index in [2.05, 4.69) is 18.8 Å². The molecule has 0 radical (unpaired) electrons. The molecule has 0 aliphatic carbocycles. The Balaban J connectivity index is 2.31. The zero-order valence-corrected chi connectivity index (χ0v) is 10.0. The summed E-state index contributed by atoms with van der Waals surface area (Å²) in [5, 5.41) is 8.74. The number of pyridine rings is 1. The SMILES string of the molecule is CC(C)COCCOc1ccnc(C(=O)O)c1. The predicted octanol–water partition coefficient (Wildman–Crippen LogP) is 1.83. The third-order valence-electron chi connectivity index (χ3n) is 1.90. The van der Waals surface area contributed by atoms with Crippen LogP contribution in [0.3, 0.4) is 0 Å². The van der Waals surface area contributed by atoms with Gasteiger partial charge in [-0.3, -0.25) is 0 Å². The molecule has 0 saturated carbocycles. The Morgan fingerprint density at radius 3 is 2.88 bits per heavy atom. The Kier molecular flexibility index (Phi) is 5.42. The van der Waals surface area contributed by atoms with E-state index in [1.54, 1.807) is 6.07 Å². The smallest absolute Gasteiger partial charge is 0.354 e. The summed E-state index contributed by atoms with van der Waals surface area (Å²) >= 11 is 0. The lowest BCUT2D eigenvalue weighted by Crippen LogP contribution is -2.10. The zero-order chi connectivity index (χ0) is 12.7. The van der Waals surface area contributed by atoms with Gasteiger partial charge in [0, 0.05) is 18.9 Å². The molecule has 1 aromatic heterocycles. The second-order valence-corrected chi connectivity index (χ2v) is 4.00. The minimum Gasteiger partial charge on any atom is -0.491 e. The monoisotopic (exact) mass is 239 g/mol. The molecule has 0 amide bonds. The van der Waals surface area contributed by atoms with Gasteiger partial charge in [0.15, 0.2) is 5.69 Å². The summed E-state index contributed by atoms with van der Waals surface area (Å²) in [4.78, 5) is 14.4. The fourth-order valence-electron chi connectivity index (χ4n) is 1.16. The number of rotatable bonds is 7. The van der Waals surface area contributed by atoms with Gasteiger partial charge >= 0.3 is 5.97 Å². The number of hydrogen-bond acceptors (Lipinski definition) is 4. The average molecular weight is 239 g/mol. The van der Waals surface area contributed by atoms with E-state index >= 15 is 0 Å². The molecule has 0 aliphatic heterocycles.